The van der Waals surface area contributed by atoms with Gasteiger partial charge in [-0.25, -0.2) is 0 Å². The van der Waals surface area contributed by atoms with E-state index in [2.05, 4.69) is 25.1 Å². The molecule has 2 aromatic rings. The predicted octanol–water partition coefficient (Wildman–Crippen LogP) is 1.85. The monoisotopic (exact) mass is 243 g/mol. The quantitative estimate of drug-likeness (QED) is 0.893. The molecule has 0 unspecified atom stereocenters. The fourth-order valence-corrected chi connectivity index (χ4v) is 2.59. The Kier molecular flexibility index (Phi) is 3.06. The van der Waals surface area contributed by atoms with Crippen LogP contribution in [0.3, 0.4) is 0 Å². The fourth-order valence-electron chi connectivity index (χ4n) is 2.59. The van der Waals surface area contributed by atoms with Crippen LogP contribution in [0.1, 0.15) is 36.0 Å². The van der Waals surface area contributed by atoms with Crippen molar-refractivity contribution in [3.8, 4) is 0 Å². The summed E-state index contributed by atoms with van der Waals surface area (Å²) in [5.41, 5.74) is 3.23. The van der Waals surface area contributed by atoms with Crippen molar-refractivity contribution in [2.24, 2.45) is 0 Å². The third kappa shape index (κ3) is 2.26. The number of likely N-dealkylation sites (tertiary alicyclic amines) is 1. The summed E-state index contributed by atoms with van der Waals surface area (Å²) in [6.07, 6.45) is 7.87. The molecule has 0 aromatic carbocycles. The number of nitrogens with one attached hydrogen (secondary N) is 1. The van der Waals surface area contributed by atoms with Crippen molar-refractivity contribution in [3.63, 3.8) is 0 Å². The Hall–Kier alpha value is -1.75. The lowest BCUT2D eigenvalue weighted by molar-refractivity contribution is 0.241. The Morgan fingerprint density at radius 1 is 1.44 bits per heavy atom. The maximum absolute atomic E-state index is 4.60. The van der Waals surface area contributed by atoms with Crippen LogP contribution in [0.25, 0.3) is 0 Å². The summed E-state index contributed by atoms with van der Waals surface area (Å²) in [7, 11) is 0. The van der Waals surface area contributed by atoms with E-state index in [0.29, 0.717) is 6.04 Å². The first kappa shape index (κ1) is 11.3. The lowest BCUT2D eigenvalue weighted by atomic mass is 10.1. The topological polar surface area (TPSA) is 57.7 Å². The smallest absolute Gasteiger partial charge is 0.0761 e. The minimum Gasteiger partial charge on any atom is -0.289 e. The van der Waals surface area contributed by atoms with E-state index in [1.807, 2.05) is 19.2 Å². The van der Waals surface area contributed by atoms with Crippen molar-refractivity contribution in [1.82, 2.24) is 25.1 Å². The van der Waals surface area contributed by atoms with Crippen LogP contribution in [0.5, 0.6) is 0 Å². The summed E-state index contributed by atoms with van der Waals surface area (Å²) in [4.78, 5) is 11.3. The number of aryl methyl sites for hydroxylation is 1. The maximum Gasteiger partial charge on any atom is 0.0761 e. The average molecular weight is 243 g/mol. The second-order valence-electron chi connectivity index (χ2n) is 4.80. The van der Waals surface area contributed by atoms with E-state index in [1.165, 1.54) is 6.42 Å². The van der Waals surface area contributed by atoms with Gasteiger partial charge in [0.25, 0.3) is 0 Å². The van der Waals surface area contributed by atoms with Crippen molar-refractivity contribution < 1.29 is 0 Å². The maximum atomic E-state index is 4.60. The number of H-pyrrole nitrogens is 1. The van der Waals surface area contributed by atoms with Crippen molar-refractivity contribution in [3.05, 3.63) is 41.7 Å². The summed E-state index contributed by atoms with van der Waals surface area (Å²) < 4.78 is 0. The molecule has 18 heavy (non-hydrogen) atoms. The van der Waals surface area contributed by atoms with Crippen molar-refractivity contribution in [2.45, 2.75) is 32.4 Å². The number of aromatic nitrogens is 4. The van der Waals surface area contributed by atoms with Gasteiger partial charge >= 0.3 is 0 Å². The molecule has 1 aliphatic heterocycles. The molecule has 5 nitrogen and oxygen atoms in total. The van der Waals surface area contributed by atoms with Gasteiger partial charge in [0, 0.05) is 30.8 Å². The highest BCUT2D eigenvalue weighted by Gasteiger charge is 2.27. The highest BCUT2D eigenvalue weighted by Crippen LogP contribution is 2.31. The zero-order valence-electron chi connectivity index (χ0n) is 10.5. The lowest BCUT2D eigenvalue weighted by Gasteiger charge is -2.23. The standard InChI is InChI=1S/C13H17N5/c1-10-7-14-8-12(16-10)13-3-2-6-18(13)9-11-4-5-15-17-11/h4-5,7-8,13H,2-3,6,9H2,1H3,(H,15,17)/t13-/m0/s1. The summed E-state index contributed by atoms with van der Waals surface area (Å²) in [6, 6.07) is 2.41. The zero-order chi connectivity index (χ0) is 12.4. The molecule has 2 aromatic heterocycles. The highest BCUT2D eigenvalue weighted by atomic mass is 15.2. The number of hydrogen-bond donors (Lipinski definition) is 1. The molecule has 0 amide bonds. The molecule has 94 valence electrons. The fraction of sp³-hybridized carbons (Fsp3) is 0.462. The van der Waals surface area contributed by atoms with Crippen LogP contribution >= 0.6 is 0 Å². The SMILES string of the molecule is Cc1cncc([C@@H]2CCCN2Cc2ccn[nH]2)n1. The molecule has 0 saturated carbocycles. The molecule has 0 radical (unpaired) electrons. The first-order valence-electron chi connectivity index (χ1n) is 6.34. The first-order chi connectivity index (χ1) is 8.83. The molecule has 5 heteroatoms. The minimum atomic E-state index is 0.390. The van der Waals surface area contributed by atoms with Gasteiger partial charge in [0.1, 0.15) is 0 Å². The second kappa shape index (κ2) is 4.86. The Bertz CT molecular complexity index is 508. The molecule has 0 spiro atoms. The van der Waals surface area contributed by atoms with Gasteiger partial charge < -0.3 is 0 Å². The van der Waals surface area contributed by atoms with Gasteiger partial charge in [-0.1, -0.05) is 0 Å². The largest absolute Gasteiger partial charge is 0.289 e. The molecule has 1 fully saturated rings. The van der Waals surface area contributed by atoms with Gasteiger partial charge in [-0.15, -0.1) is 0 Å². The van der Waals surface area contributed by atoms with E-state index in [1.54, 1.807) is 12.4 Å². The van der Waals surface area contributed by atoms with Crippen molar-refractivity contribution >= 4 is 0 Å². The van der Waals surface area contributed by atoms with Gasteiger partial charge in [-0.05, 0) is 32.4 Å². The van der Waals surface area contributed by atoms with Gasteiger partial charge in [0.2, 0.25) is 0 Å². The number of aromatic amines is 1. The third-order valence-electron chi connectivity index (χ3n) is 3.41. The van der Waals surface area contributed by atoms with E-state index in [-0.39, 0.29) is 0 Å². The van der Waals surface area contributed by atoms with E-state index in [4.69, 9.17) is 0 Å². The number of rotatable bonds is 3. The van der Waals surface area contributed by atoms with Crippen LogP contribution in [0, 0.1) is 6.92 Å². The van der Waals surface area contributed by atoms with Crippen LogP contribution in [0.4, 0.5) is 0 Å². The highest BCUT2D eigenvalue weighted by molar-refractivity contribution is 5.09. The Morgan fingerprint density at radius 2 is 2.39 bits per heavy atom. The summed E-state index contributed by atoms with van der Waals surface area (Å²) in [6.45, 7) is 4.00. The van der Waals surface area contributed by atoms with E-state index in [0.717, 1.165) is 36.6 Å². The Labute approximate surface area is 106 Å². The molecule has 3 heterocycles. The lowest BCUT2D eigenvalue weighted by Crippen LogP contribution is -2.24. The molecule has 3 rings (SSSR count). The van der Waals surface area contributed by atoms with E-state index < -0.39 is 0 Å². The van der Waals surface area contributed by atoms with Crippen LogP contribution in [-0.4, -0.2) is 31.6 Å². The molecule has 0 bridgehead atoms. The van der Waals surface area contributed by atoms with Gasteiger partial charge in [-0.2, -0.15) is 5.10 Å². The van der Waals surface area contributed by atoms with Gasteiger partial charge in [-0.3, -0.25) is 20.0 Å². The van der Waals surface area contributed by atoms with Crippen molar-refractivity contribution in [2.75, 3.05) is 6.54 Å². The van der Waals surface area contributed by atoms with Crippen LogP contribution < -0.4 is 0 Å². The molecular weight excluding hydrogens is 226 g/mol. The third-order valence-corrected chi connectivity index (χ3v) is 3.41. The number of hydrogen-bond acceptors (Lipinski definition) is 4. The Balaban J connectivity index is 1.79. The first-order valence-corrected chi connectivity index (χ1v) is 6.34. The van der Waals surface area contributed by atoms with Crippen LogP contribution in [0.15, 0.2) is 24.7 Å². The normalized spacial score (nSPS) is 20.4. The molecular formula is C13H17N5. The molecule has 1 saturated heterocycles. The van der Waals surface area contributed by atoms with Crippen molar-refractivity contribution in [1.29, 1.82) is 0 Å². The van der Waals surface area contributed by atoms with E-state index >= 15 is 0 Å². The van der Waals surface area contributed by atoms with Crippen LogP contribution in [-0.2, 0) is 6.54 Å². The summed E-state index contributed by atoms with van der Waals surface area (Å²) in [5, 5.41) is 7.02. The van der Waals surface area contributed by atoms with Gasteiger partial charge in [0.05, 0.1) is 17.4 Å². The molecule has 1 aliphatic rings. The molecule has 1 atom stereocenters. The number of nitrogens with zero attached hydrogens (tertiary/aromatic N) is 4. The Morgan fingerprint density at radius 3 is 3.17 bits per heavy atom. The van der Waals surface area contributed by atoms with Crippen LogP contribution in [0.2, 0.25) is 0 Å². The average Bonchev–Trinajstić information content (AvgIpc) is 3.01. The molecule has 0 aliphatic carbocycles. The zero-order valence-corrected chi connectivity index (χ0v) is 10.5. The molecule has 1 N–H and O–H groups in total. The summed E-state index contributed by atoms with van der Waals surface area (Å²) in [5.74, 6) is 0. The van der Waals surface area contributed by atoms with E-state index in [9.17, 15) is 0 Å². The predicted molar refractivity (Wildman–Crippen MR) is 67.7 cm³/mol. The minimum absolute atomic E-state index is 0.390. The van der Waals surface area contributed by atoms with Gasteiger partial charge in [0.15, 0.2) is 0 Å². The summed E-state index contributed by atoms with van der Waals surface area (Å²) >= 11 is 0. The second-order valence-corrected chi connectivity index (χ2v) is 4.80.